The van der Waals surface area contributed by atoms with E-state index in [1.54, 1.807) is 24.3 Å². The van der Waals surface area contributed by atoms with E-state index in [-0.39, 0.29) is 11.8 Å². The molecule has 0 fully saturated rings. The fourth-order valence-corrected chi connectivity index (χ4v) is 1.39. The molecule has 1 aromatic rings. The molecule has 1 aromatic carbocycles. The Bertz CT molecular complexity index is 321. The molecule has 0 spiro atoms. The first-order chi connectivity index (χ1) is 7.11. The van der Waals surface area contributed by atoms with Crippen molar-refractivity contribution in [3.63, 3.8) is 0 Å². The van der Waals surface area contributed by atoms with E-state index >= 15 is 0 Å². The van der Waals surface area contributed by atoms with E-state index in [0.717, 1.165) is 12.0 Å². The zero-order valence-corrected chi connectivity index (χ0v) is 8.60. The van der Waals surface area contributed by atoms with Crippen LogP contribution in [-0.2, 0) is 6.42 Å². The largest absolute Gasteiger partial charge is 0.508 e. The summed E-state index contributed by atoms with van der Waals surface area (Å²) in [5.74, 6) is 0.220. The van der Waals surface area contributed by atoms with Gasteiger partial charge in [0.05, 0.1) is 0 Å². The summed E-state index contributed by atoms with van der Waals surface area (Å²) in [4.78, 5) is 10.5. The molecular formula is C11H15NO3. The molecule has 0 aliphatic carbocycles. The Morgan fingerprint density at radius 2 is 2.00 bits per heavy atom. The summed E-state index contributed by atoms with van der Waals surface area (Å²) >= 11 is 0. The molecule has 82 valence electrons. The van der Waals surface area contributed by atoms with E-state index in [1.165, 1.54) is 0 Å². The summed E-state index contributed by atoms with van der Waals surface area (Å²) in [6, 6.07) is 6.71. The molecule has 0 heterocycles. The molecular weight excluding hydrogens is 194 g/mol. The predicted octanol–water partition coefficient (Wildman–Crippen LogP) is 1.98. The Kier molecular flexibility index (Phi) is 3.97. The molecule has 1 atom stereocenters. The third kappa shape index (κ3) is 3.89. The smallest absolute Gasteiger partial charge is 0.404 e. The topological polar surface area (TPSA) is 69.6 Å². The highest BCUT2D eigenvalue weighted by atomic mass is 16.4. The number of carbonyl (C=O) groups is 1. The maximum absolute atomic E-state index is 10.5. The quantitative estimate of drug-likeness (QED) is 0.710. The lowest BCUT2D eigenvalue weighted by Crippen LogP contribution is -2.34. The second kappa shape index (κ2) is 5.24. The number of rotatable bonds is 4. The van der Waals surface area contributed by atoms with Crippen LogP contribution in [0.2, 0.25) is 0 Å². The van der Waals surface area contributed by atoms with Crippen LogP contribution in [0.5, 0.6) is 5.75 Å². The lowest BCUT2D eigenvalue weighted by molar-refractivity contribution is 0.189. The van der Waals surface area contributed by atoms with E-state index in [2.05, 4.69) is 5.32 Å². The van der Waals surface area contributed by atoms with E-state index in [4.69, 9.17) is 10.2 Å². The molecule has 0 saturated heterocycles. The van der Waals surface area contributed by atoms with Crippen LogP contribution >= 0.6 is 0 Å². The van der Waals surface area contributed by atoms with Gasteiger partial charge in [0.15, 0.2) is 0 Å². The van der Waals surface area contributed by atoms with E-state index in [1.807, 2.05) is 6.92 Å². The van der Waals surface area contributed by atoms with Crippen molar-refractivity contribution in [3.8, 4) is 5.75 Å². The Labute approximate surface area is 88.6 Å². The molecule has 0 aliphatic heterocycles. The Hall–Kier alpha value is -1.71. The summed E-state index contributed by atoms with van der Waals surface area (Å²) in [6.07, 6.45) is 0.386. The number of benzene rings is 1. The van der Waals surface area contributed by atoms with Crippen LogP contribution in [0.25, 0.3) is 0 Å². The summed E-state index contributed by atoms with van der Waals surface area (Å²) in [6.45, 7) is 1.93. The van der Waals surface area contributed by atoms with Gasteiger partial charge in [0, 0.05) is 6.04 Å². The van der Waals surface area contributed by atoms with Crippen LogP contribution < -0.4 is 5.32 Å². The van der Waals surface area contributed by atoms with Crippen molar-refractivity contribution in [2.45, 2.75) is 25.8 Å². The van der Waals surface area contributed by atoms with Gasteiger partial charge in [-0.2, -0.15) is 0 Å². The van der Waals surface area contributed by atoms with E-state index in [9.17, 15) is 4.79 Å². The van der Waals surface area contributed by atoms with Gasteiger partial charge in [-0.05, 0) is 30.5 Å². The molecule has 0 aromatic heterocycles. The van der Waals surface area contributed by atoms with Crippen molar-refractivity contribution in [2.24, 2.45) is 0 Å². The number of nitrogens with one attached hydrogen (secondary N) is 1. The normalized spacial score (nSPS) is 12.1. The van der Waals surface area contributed by atoms with Crippen LogP contribution in [0.15, 0.2) is 24.3 Å². The molecule has 15 heavy (non-hydrogen) atoms. The third-order valence-corrected chi connectivity index (χ3v) is 2.24. The van der Waals surface area contributed by atoms with Crippen LogP contribution in [0.4, 0.5) is 4.79 Å². The second-order valence-corrected chi connectivity index (χ2v) is 3.43. The van der Waals surface area contributed by atoms with Crippen molar-refractivity contribution in [1.29, 1.82) is 0 Å². The zero-order chi connectivity index (χ0) is 11.3. The Balaban J connectivity index is 2.58. The maximum atomic E-state index is 10.5. The minimum Gasteiger partial charge on any atom is -0.508 e. The van der Waals surface area contributed by atoms with Crippen molar-refractivity contribution in [1.82, 2.24) is 5.32 Å². The molecule has 0 aliphatic rings. The van der Waals surface area contributed by atoms with Gasteiger partial charge in [-0.1, -0.05) is 19.1 Å². The van der Waals surface area contributed by atoms with Crippen LogP contribution in [0, 0.1) is 0 Å². The van der Waals surface area contributed by atoms with Gasteiger partial charge >= 0.3 is 6.09 Å². The third-order valence-electron chi connectivity index (χ3n) is 2.24. The number of hydrogen-bond donors (Lipinski definition) is 3. The molecule has 0 radical (unpaired) electrons. The molecule has 1 rings (SSSR count). The molecule has 0 saturated carbocycles. The number of phenols is 1. The first-order valence-electron chi connectivity index (χ1n) is 4.89. The molecule has 1 amide bonds. The molecule has 0 bridgehead atoms. The summed E-state index contributed by atoms with van der Waals surface area (Å²) in [7, 11) is 0. The number of aromatic hydroxyl groups is 1. The number of carboxylic acid groups (broad SMARTS) is 1. The molecule has 4 nitrogen and oxygen atoms in total. The highest BCUT2D eigenvalue weighted by molar-refractivity contribution is 5.64. The standard InChI is InChI=1S/C11H15NO3/c1-2-9(12-11(14)15)7-8-3-5-10(13)6-4-8/h3-6,9,12-13H,2,7H2,1H3,(H,14,15). The highest BCUT2D eigenvalue weighted by Gasteiger charge is 2.09. The minimum atomic E-state index is -0.999. The zero-order valence-electron chi connectivity index (χ0n) is 8.60. The van der Waals surface area contributed by atoms with Crippen molar-refractivity contribution >= 4 is 6.09 Å². The number of amides is 1. The lowest BCUT2D eigenvalue weighted by atomic mass is 10.0. The first-order valence-corrected chi connectivity index (χ1v) is 4.89. The van der Waals surface area contributed by atoms with Gasteiger partial charge < -0.3 is 15.5 Å². The van der Waals surface area contributed by atoms with Crippen LogP contribution in [-0.4, -0.2) is 22.3 Å². The van der Waals surface area contributed by atoms with Crippen molar-refractivity contribution < 1.29 is 15.0 Å². The number of phenolic OH excluding ortho intramolecular Hbond substituents is 1. The first kappa shape index (κ1) is 11.4. The Morgan fingerprint density at radius 1 is 1.40 bits per heavy atom. The summed E-state index contributed by atoms with van der Waals surface area (Å²) < 4.78 is 0. The average molecular weight is 209 g/mol. The SMILES string of the molecule is CCC(Cc1ccc(O)cc1)NC(=O)O. The van der Waals surface area contributed by atoms with E-state index < -0.39 is 6.09 Å². The van der Waals surface area contributed by atoms with E-state index in [0.29, 0.717) is 6.42 Å². The number of hydrogen-bond acceptors (Lipinski definition) is 2. The summed E-state index contributed by atoms with van der Waals surface area (Å²) in [5, 5.41) is 20.1. The Morgan fingerprint density at radius 3 is 2.47 bits per heavy atom. The molecule has 3 N–H and O–H groups in total. The summed E-state index contributed by atoms with van der Waals surface area (Å²) in [5.41, 5.74) is 1.01. The lowest BCUT2D eigenvalue weighted by Gasteiger charge is -2.14. The van der Waals surface area contributed by atoms with Crippen molar-refractivity contribution in [2.75, 3.05) is 0 Å². The van der Waals surface area contributed by atoms with Gasteiger partial charge in [-0.25, -0.2) is 4.79 Å². The monoisotopic (exact) mass is 209 g/mol. The van der Waals surface area contributed by atoms with Gasteiger partial charge in [0.25, 0.3) is 0 Å². The fraction of sp³-hybridized carbons (Fsp3) is 0.364. The van der Waals surface area contributed by atoms with Gasteiger partial charge in [0.1, 0.15) is 5.75 Å². The second-order valence-electron chi connectivity index (χ2n) is 3.43. The van der Waals surface area contributed by atoms with Crippen LogP contribution in [0.1, 0.15) is 18.9 Å². The maximum Gasteiger partial charge on any atom is 0.404 e. The molecule has 4 heteroatoms. The van der Waals surface area contributed by atoms with Gasteiger partial charge in [-0.3, -0.25) is 0 Å². The minimum absolute atomic E-state index is 0.0768. The van der Waals surface area contributed by atoms with Gasteiger partial charge in [0.2, 0.25) is 0 Å². The van der Waals surface area contributed by atoms with Crippen molar-refractivity contribution in [3.05, 3.63) is 29.8 Å². The van der Waals surface area contributed by atoms with Crippen LogP contribution in [0.3, 0.4) is 0 Å². The predicted molar refractivity (Wildman–Crippen MR) is 57.1 cm³/mol. The average Bonchev–Trinajstić information content (AvgIpc) is 2.19. The molecule has 1 unspecified atom stereocenters. The fourth-order valence-electron chi connectivity index (χ4n) is 1.39. The van der Waals surface area contributed by atoms with Gasteiger partial charge in [-0.15, -0.1) is 0 Å². The highest BCUT2D eigenvalue weighted by Crippen LogP contribution is 2.12.